The molecule has 0 spiro atoms. The van der Waals surface area contributed by atoms with Crippen LogP contribution in [0.25, 0.3) is 0 Å². The van der Waals surface area contributed by atoms with E-state index in [-0.39, 0.29) is 18.2 Å². The van der Waals surface area contributed by atoms with Crippen LogP contribution in [0.4, 0.5) is 14.7 Å². The van der Waals surface area contributed by atoms with Gasteiger partial charge in [0.1, 0.15) is 15.8 Å². The van der Waals surface area contributed by atoms with Gasteiger partial charge in [-0.1, -0.05) is 40.9 Å². The van der Waals surface area contributed by atoms with E-state index < -0.39 is 5.82 Å². The van der Waals surface area contributed by atoms with Gasteiger partial charge >= 0.3 is 0 Å². The highest BCUT2D eigenvalue weighted by Gasteiger charge is 2.29. The zero-order valence-corrected chi connectivity index (χ0v) is 18.4. The number of hydrogen-bond donors (Lipinski definition) is 2. The van der Waals surface area contributed by atoms with Crippen LogP contribution < -0.4 is 10.6 Å². The number of anilines is 2. The molecule has 0 saturated heterocycles. The molecule has 1 aliphatic carbocycles. The van der Waals surface area contributed by atoms with Gasteiger partial charge in [0.05, 0.1) is 6.42 Å². The molecule has 0 bridgehead atoms. The summed E-state index contributed by atoms with van der Waals surface area (Å²) in [5, 5.41) is 24.7. The lowest BCUT2D eigenvalue weighted by atomic mass is 10.0. The van der Waals surface area contributed by atoms with E-state index in [0.717, 1.165) is 35.7 Å². The van der Waals surface area contributed by atoms with Crippen LogP contribution in [0.1, 0.15) is 47.7 Å². The van der Waals surface area contributed by atoms with Crippen LogP contribution in [0.3, 0.4) is 0 Å². The zero-order chi connectivity index (χ0) is 21.8. The maximum Gasteiger partial charge on any atom is 0.230 e. The van der Waals surface area contributed by atoms with Crippen molar-refractivity contribution in [2.75, 3.05) is 10.6 Å². The summed E-state index contributed by atoms with van der Waals surface area (Å²) < 4.78 is 13.7. The monoisotopic (exact) mass is 460 g/mol. The van der Waals surface area contributed by atoms with E-state index in [0.29, 0.717) is 27.7 Å². The second-order valence-electron chi connectivity index (χ2n) is 7.52. The highest BCUT2D eigenvalue weighted by molar-refractivity contribution is 7.15. The van der Waals surface area contributed by atoms with Crippen molar-refractivity contribution in [2.24, 2.45) is 5.92 Å². The van der Waals surface area contributed by atoms with Gasteiger partial charge in [-0.15, -0.1) is 20.4 Å². The largest absolute Gasteiger partial charge is 0.301 e. The van der Waals surface area contributed by atoms with Crippen molar-refractivity contribution in [3.05, 3.63) is 45.7 Å². The molecule has 31 heavy (non-hydrogen) atoms. The fourth-order valence-corrected chi connectivity index (χ4v) is 5.50. The minimum atomic E-state index is -0.397. The Hall–Kier alpha value is -2.79. The Kier molecular flexibility index (Phi) is 6.62. The molecule has 0 aliphatic heterocycles. The third-order valence-electron chi connectivity index (χ3n) is 5.10. The van der Waals surface area contributed by atoms with Gasteiger partial charge in [-0.2, -0.15) is 0 Å². The zero-order valence-electron chi connectivity index (χ0n) is 16.8. The minimum Gasteiger partial charge on any atom is -0.301 e. The van der Waals surface area contributed by atoms with Crippen LogP contribution in [0.2, 0.25) is 0 Å². The summed E-state index contributed by atoms with van der Waals surface area (Å²) in [4.78, 5) is 23.3. The first kappa shape index (κ1) is 21.4. The number of nitrogens with zero attached hydrogens (tertiary/aromatic N) is 4. The molecule has 2 aromatic heterocycles. The number of nitrogens with one attached hydrogen (secondary N) is 2. The Morgan fingerprint density at radius 3 is 2.65 bits per heavy atom. The molecule has 3 aromatic rings. The fraction of sp³-hybridized carbons (Fsp3) is 0.400. The number of carbonyl (C=O) groups excluding carboxylic acids is 2. The lowest BCUT2D eigenvalue weighted by Gasteiger charge is -2.06. The third kappa shape index (κ3) is 5.67. The number of carbonyl (C=O) groups is 2. The van der Waals surface area contributed by atoms with Crippen molar-refractivity contribution in [3.63, 3.8) is 0 Å². The number of rotatable bonds is 7. The summed E-state index contributed by atoms with van der Waals surface area (Å²) in [5.74, 6) is -0.0861. The summed E-state index contributed by atoms with van der Waals surface area (Å²) >= 11 is 2.78. The van der Waals surface area contributed by atoms with E-state index in [4.69, 9.17) is 0 Å². The summed E-state index contributed by atoms with van der Waals surface area (Å²) in [6.07, 6.45) is 3.78. The highest BCUT2D eigenvalue weighted by atomic mass is 32.1. The van der Waals surface area contributed by atoms with Crippen LogP contribution in [0.15, 0.2) is 24.3 Å². The van der Waals surface area contributed by atoms with Crippen molar-refractivity contribution >= 4 is 44.8 Å². The molecule has 8 nitrogen and oxygen atoms in total. The van der Waals surface area contributed by atoms with Crippen LogP contribution in [0, 0.1) is 11.7 Å². The predicted molar refractivity (Wildman–Crippen MR) is 117 cm³/mol. The van der Waals surface area contributed by atoms with Crippen molar-refractivity contribution < 1.29 is 14.0 Å². The summed E-state index contributed by atoms with van der Waals surface area (Å²) in [6, 6.07) is 6.22. The first-order valence-corrected chi connectivity index (χ1v) is 11.6. The van der Waals surface area contributed by atoms with E-state index in [9.17, 15) is 14.0 Å². The molecule has 1 fully saturated rings. The number of hydrogen-bond acceptors (Lipinski definition) is 8. The van der Waals surface area contributed by atoms with Crippen LogP contribution in [-0.4, -0.2) is 32.2 Å². The molecule has 2 heterocycles. The van der Waals surface area contributed by atoms with E-state index >= 15 is 0 Å². The van der Waals surface area contributed by atoms with Gasteiger partial charge in [-0.25, -0.2) is 4.39 Å². The standard InChI is InChI=1S/C20H21FN6O2S2/c1-11(28)22-19-27-25-18(31-19)14-7-6-12(8-14)9-17-24-26-20(30-17)23-16(29)10-13-4-2-3-5-15(13)21/h2-5,12,14H,6-10H2,1H3,(H,22,27,28)(H,23,26,29)/t12-,14+/m0/s1. The molecular formula is C20H21FN6O2S2. The average molecular weight is 461 g/mol. The summed E-state index contributed by atoms with van der Waals surface area (Å²) in [5.41, 5.74) is 0.347. The van der Waals surface area contributed by atoms with E-state index in [1.165, 1.54) is 35.7 Å². The van der Waals surface area contributed by atoms with Gasteiger partial charge in [-0.3, -0.25) is 9.59 Å². The summed E-state index contributed by atoms with van der Waals surface area (Å²) in [7, 11) is 0. The smallest absolute Gasteiger partial charge is 0.230 e. The normalized spacial score (nSPS) is 18.1. The molecule has 1 aliphatic rings. The maximum atomic E-state index is 13.7. The number of aromatic nitrogens is 4. The lowest BCUT2D eigenvalue weighted by Crippen LogP contribution is -2.15. The van der Waals surface area contributed by atoms with Gasteiger partial charge in [0, 0.05) is 19.3 Å². The Labute approximate surface area is 186 Å². The molecule has 1 aromatic carbocycles. The first-order valence-electron chi connectivity index (χ1n) is 9.93. The van der Waals surface area contributed by atoms with Crippen molar-refractivity contribution in [1.29, 1.82) is 0 Å². The van der Waals surface area contributed by atoms with Gasteiger partial charge in [0.25, 0.3) is 0 Å². The van der Waals surface area contributed by atoms with Crippen LogP contribution >= 0.6 is 22.7 Å². The second-order valence-corrected chi connectivity index (χ2v) is 9.60. The van der Waals surface area contributed by atoms with Crippen molar-refractivity contribution in [2.45, 2.75) is 44.9 Å². The molecule has 2 N–H and O–H groups in total. The van der Waals surface area contributed by atoms with E-state index in [2.05, 4.69) is 31.0 Å². The Morgan fingerprint density at radius 1 is 1.06 bits per heavy atom. The quantitative estimate of drug-likeness (QED) is 0.555. The van der Waals surface area contributed by atoms with Crippen molar-refractivity contribution in [3.8, 4) is 0 Å². The molecule has 0 radical (unpaired) electrons. The molecule has 11 heteroatoms. The maximum absolute atomic E-state index is 13.7. The third-order valence-corrected chi connectivity index (χ3v) is 6.96. The molecular weight excluding hydrogens is 439 g/mol. The van der Waals surface area contributed by atoms with Gasteiger partial charge in [0.15, 0.2) is 0 Å². The molecule has 0 unspecified atom stereocenters. The first-order chi connectivity index (χ1) is 15.0. The molecule has 2 amide bonds. The minimum absolute atomic E-state index is 0.0474. The van der Waals surface area contributed by atoms with Crippen molar-refractivity contribution in [1.82, 2.24) is 20.4 Å². The molecule has 4 rings (SSSR count). The topological polar surface area (TPSA) is 110 Å². The Bertz CT molecular complexity index is 1090. The molecule has 162 valence electrons. The SMILES string of the molecule is CC(=O)Nc1nnc([C@@H]2CC[C@H](Cc3nnc(NC(=O)Cc4ccccc4F)s3)C2)s1. The number of amides is 2. The Morgan fingerprint density at radius 2 is 1.84 bits per heavy atom. The van der Waals surface area contributed by atoms with Gasteiger partial charge < -0.3 is 10.6 Å². The number of benzene rings is 1. The van der Waals surface area contributed by atoms with Crippen LogP contribution in [0.5, 0.6) is 0 Å². The molecule has 2 atom stereocenters. The summed E-state index contributed by atoms with van der Waals surface area (Å²) in [6.45, 7) is 1.45. The second kappa shape index (κ2) is 9.56. The van der Waals surface area contributed by atoms with E-state index in [1.54, 1.807) is 18.2 Å². The number of halogens is 1. The molecule has 1 saturated carbocycles. The lowest BCUT2D eigenvalue weighted by molar-refractivity contribution is -0.116. The van der Waals surface area contributed by atoms with Gasteiger partial charge in [-0.05, 0) is 36.8 Å². The Balaban J connectivity index is 1.28. The highest BCUT2D eigenvalue weighted by Crippen LogP contribution is 2.41. The van der Waals surface area contributed by atoms with Gasteiger partial charge in [0.2, 0.25) is 22.1 Å². The van der Waals surface area contributed by atoms with E-state index in [1.807, 2.05) is 0 Å². The van der Waals surface area contributed by atoms with Crippen LogP contribution in [-0.2, 0) is 22.4 Å². The predicted octanol–water partition coefficient (Wildman–Crippen LogP) is 3.79. The fourth-order valence-electron chi connectivity index (χ4n) is 3.70. The average Bonchev–Trinajstić information content (AvgIpc) is 3.45.